The normalized spacial score (nSPS) is 18.1. The van der Waals surface area contributed by atoms with Gasteiger partial charge in [-0.25, -0.2) is 9.97 Å². The number of amides is 1. The highest BCUT2D eigenvalue weighted by atomic mass is 16.2. The van der Waals surface area contributed by atoms with E-state index in [1.807, 2.05) is 18.3 Å². The molecule has 0 unspecified atom stereocenters. The predicted octanol–water partition coefficient (Wildman–Crippen LogP) is 4.79. The Balaban J connectivity index is 1.17. The average molecular weight is 606 g/mol. The molecule has 10 heteroatoms. The first-order chi connectivity index (χ1) is 21.6. The largest absolute Gasteiger partial charge is 0.339 e. The van der Waals surface area contributed by atoms with E-state index in [0.29, 0.717) is 58.7 Å². The molecule has 0 bridgehead atoms. The van der Waals surface area contributed by atoms with E-state index in [9.17, 15) is 14.4 Å². The lowest BCUT2D eigenvalue weighted by molar-refractivity contribution is 0.0963. The first-order valence-electron chi connectivity index (χ1n) is 15.7. The van der Waals surface area contributed by atoms with Crippen molar-refractivity contribution in [3.05, 3.63) is 87.4 Å². The molecule has 4 aromatic rings. The Labute approximate surface area is 262 Å². The number of nitrogens with one attached hydrogen (secondary N) is 1. The smallest absolute Gasteiger partial charge is 0.276 e. The van der Waals surface area contributed by atoms with Gasteiger partial charge >= 0.3 is 0 Å². The average Bonchev–Trinajstić information content (AvgIpc) is 3.52. The van der Waals surface area contributed by atoms with Crippen LogP contribution < -0.4 is 15.8 Å². The van der Waals surface area contributed by atoms with Crippen molar-refractivity contribution < 1.29 is 9.59 Å². The Kier molecular flexibility index (Phi) is 7.19. The SMILES string of the molecule is CN1CCC(c2ccc(Nc3cc(-c4ccnc(N5CCn6c(cc7c6CC(C)(C)C7)C5=O)c4C=O)cn(C)c3=O)nc2)CC1. The van der Waals surface area contributed by atoms with E-state index in [0.717, 1.165) is 45.1 Å². The van der Waals surface area contributed by atoms with Gasteiger partial charge in [-0.2, -0.15) is 0 Å². The molecule has 1 N–H and O–H groups in total. The fourth-order valence-corrected chi connectivity index (χ4v) is 7.31. The maximum atomic E-state index is 13.8. The zero-order valence-corrected chi connectivity index (χ0v) is 26.3. The molecule has 3 aliphatic rings. The number of likely N-dealkylation sites (tertiary alicyclic amines) is 1. The van der Waals surface area contributed by atoms with Crippen LogP contribution >= 0.6 is 0 Å². The molecule has 0 radical (unpaired) electrons. The third kappa shape index (κ3) is 5.27. The Hall–Kier alpha value is -4.57. The number of aryl methyl sites for hydroxylation is 1. The molecule has 1 aliphatic carbocycles. The number of hydrogen-bond acceptors (Lipinski definition) is 7. The van der Waals surface area contributed by atoms with Gasteiger partial charge in [-0.3, -0.25) is 19.3 Å². The van der Waals surface area contributed by atoms with Crippen LogP contribution in [0.2, 0.25) is 0 Å². The summed E-state index contributed by atoms with van der Waals surface area (Å²) in [5.41, 5.74) is 6.22. The van der Waals surface area contributed by atoms with Gasteiger partial charge in [0.15, 0.2) is 6.29 Å². The minimum absolute atomic E-state index is 0.154. The van der Waals surface area contributed by atoms with Gasteiger partial charge in [-0.05, 0) is 98.1 Å². The third-order valence-electron chi connectivity index (χ3n) is 9.70. The van der Waals surface area contributed by atoms with E-state index in [2.05, 4.69) is 51.7 Å². The molecule has 6 heterocycles. The van der Waals surface area contributed by atoms with Gasteiger partial charge < -0.3 is 19.4 Å². The molecule has 7 rings (SSSR count). The molecule has 2 aliphatic heterocycles. The Morgan fingerprint density at radius 3 is 2.51 bits per heavy atom. The summed E-state index contributed by atoms with van der Waals surface area (Å²) in [6.45, 7) is 7.73. The van der Waals surface area contributed by atoms with E-state index in [1.165, 1.54) is 21.4 Å². The topological polar surface area (TPSA) is 105 Å². The molecular weight excluding hydrogens is 566 g/mol. The number of piperidine rings is 1. The summed E-state index contributed by atoms with van der Waals surface area (Å²) < 4.78 is 3.63. The van der Waals surface area contributed by atoms with E-state index < -0.39 is 0 Å². The molecule has 1 amide bonds. The number of aldehydes is 1. The monoisotopic (exact) mass is 605 g/mol. The van der Waals surface area contributed by atoms with Crippen LogP contribution in [0.5, 0.6) is 0 Å². The second-order valence-corrected chi connectivity index (χ2v) is 13.6. The number of pyridine rings is 3. The number of anilines is 3. The number of rotatable bonds is 6. The van der Waals surface area contributed by atoms with Crippen LogP contribution in [0.15, 0.2) is 53.7 Å². The van der Waals surface area contributed by atoms with Crippen LogP contribution in [0.25, 0.3) is 11.1 Å². The highest BCUT2D eigenvalue weighted by molar-refractivity contribution is 6.08. The Morgan fingerprint density at radius 2 is 1.78 bits per heavy atom. The number of carbonyl (C=O) groups excluding carboxylic acids is 2. The van der Waals surface area contributed by atoms with Gasteiger partial charge in [0.05, 0.1) is 5.56 Å². The number of fused-ring (bicyclic) bond motifs is 3. The molecule has 45 heavy (non-hydrogen) atoms. The van der Waals surface area contributed by atoms with E-state index in [1.54, 1.807) is 36.5 Å². The second kappa shape index (κ2) is 11.1. The summed E-state index contributed by atoms with van der Waals surface area (Å²) in [5, 5.41) is 3.19. The fourth-order valence-electron chi connectivity index (χ4n) is 7.31. The third-order valence-corrected chi connectivity index (χ3v) is 9.70. The predicted molar refractivity (Wildman–Crippen MR) is 175 cm³/mol. The number of carbonyl (C=O) groups is 2. The van der Waals surface area contributed by atoms with Gasteiger partial charge in [-0.15, -0.1) is 0 Å². The first kappa shape index (κ1) is 29.2. The van der Waals surface area contributed by atoms with Crippen LogP contribution in [0.4, 0.5) is 17.3 Å². The van der Waals surface area contributed by atoms with Gasteiger partial charge in [-0.1, -0.05) is 19.9 Å². The molecule has 0 atom stereocenters. The van der Waals surface area contributed by atoms with Crippen LogP contribution in [0, 0.1) is 5.41 Å². The van der Waals surface area contributed by atoms with Crippen LogP contribution in [-0.2, 0) is 26.4 Å². The summed E-state index contributed by atoms with van der Waals surface area (Å²) >= 11 is 0. The Bertz CT molecular complexity index is 1860. The number of nitrogens with zero attached hydrogens (tertiary/aromatic N) is 6. The number of hydrogen-bond donors (Lipinski definition) is 1. The maximum absolute atomic E-state index is 13.8. The van der Waals surface area contributed by atoms with Crippen molar-refractivity contribution in [2.24, 2.45) is 12.5 Å². The summed E-state index contributed by atoms with van der Waals surface area (Å²) in [4.78, 5) is 52.7. The molecule has 0 saturated carbocycles. The van der Waals surface area contributed by atoms with Gasteiger partial charge in [0, 0.05) is 50.0 Å². The zero-order valence-electron chi connectivity index (χ0n) is 26.3. The molecule has 1 saturated heterocycles. The lowest BCUT2D eigenvalue weighted by Crippen LogP contribution is -2.41. The summed E-state index contributed by atoms with van der Waals surface area (Å²) in [5.74, 6) is 1.24. The van der Waals surface area contributed by atoms with Gasteiger partial charge in [0.25, 0.3) is 11.5 Å². The molecule has 0 spiro atoms. The van der Waals surface area contributed by atoms with Crippen molar-refractivity contribution in [3.8, 4) is 11.1 Å². The fraction of sp³-hybridized carbons (Fsp3) is 0.400. The number of aromatic nitrogens is 4. The van der Waals surface area contributed by atoms with Crippen molar-refractivity contribution >= 4 is 29.5 Å². The molecule has 0 aromatic carbocycles. The summed E-state index contributed by atoms with van der Waals surface area (Å²) in [6.07, 6.45) is 10.1. The minimum Gasteiger partial charge on any atom is -0.339 e. The molecule has 232 valence electrons. The molecule has 10 nitrogen and oxygen atoms in total. The quantitative estimate of drug-likeness (QED) is 0.315. The van der Waals surface area contributed by atoms with Crippen LogP contribution in [-0.4, -0.2) is 62.9 Å². The maximum Gasteiger partial charge on any atom is 0.276 e. The highest BCUT2D eigenvalue weighted by Crippen LogP contribution is 2.40. The van der Waals surface area contributed by atoms with Crippen LogP contribution in [0.3, 0.4) is 0 Å². The van der Waals surface area contributed by atoms with Crippen molar-refractivity contribution in [3.63, 3.8) is 0 Å². The van der Waals surface area contributed by atoms with E-state index >= 15 is 0 Å². The summed E-state index contributed by atoms with van der Waals surface area (Å²) in [6, 6.07) is 9.49. The molecule has 1 fully saturated rings. The van der Waals surface area contributed by atoms with E-state index in [-0.39, 0.29) is 16.9 Å². The van der Waals surface area contributed by atoms with Crippen molar-refractivity contribution in [1.29, 1.82) is 0 Å². The standard InChI is InChI=1S/C35H39N7O3/c1-35(2)17-24-16-29-34(45)42(14-13-41(29)30(24)18-35)32-27(21-43)26(7-10-36-32)25-15-28(33(44)40(4)20-25)38-31-6-5-23(19-37-31)22-8-11-39(3)12-9-22/h5-7,10,15-16,19-22H,8-9,11-14,17-18H2,1-4H3,(H,37,38). The van der Waals surface area contributed by atoms with Gasteiger partial charge in [0.1, 0.15) is 23.0 Å². The lowest BCUT2D eigenvalue weighted by atomic mass is 9.90. The summed E-state index contributed by atoms with van der Waals surface area (Å²) in [7, 11) is 3.83. The van der Waals surface area contributed by atoms with Crippen molar-refractivity contribution in [2.45, 2.75) is 52.0 Å². The van der Waals surface area contributed by atoms with Crippen LogP contribution in [0.1, 0.15) is 70.3 Å². The minimum atomic E-state index is -0.218. The van der Waals surface area contributed by atoms with Crippen molar-refractivity contribution in [2.75, 3.05) is 36.9 Å². The second-order valence-electron chi connectivity index (χ2n) is 13.6. The highest BCUT2D eigenvalue weighted by Gasteiger charge is 2.37. The lowest BCUT2D eigenvalue weighted by Gasteiger charge is -2.30. The van der Waals surface area contributed by atoms with Crippen molar-refractivity contribution in [1.82, 2.24) is 24.0 Å². The van der Waals surface area contributed by atoms with E-state index in [4.69, 9.17) is 0 Å². The molecular formula is C35H39N7O3. The first-order valence-corrected chi connectivity index (χ1v) is 15.7. The Morgan fingerprint density at radius 1 is 0.978 bits per heavy atom. The zero-order chi connectivity index (χ0) is 31.5. The van der Waals surface area contributed by atoms with Gasteiger partial charge in [0.2, 0.25) is 0 Å². The molecule has 4 aromatic heterocycles.